The second kappa shape index (κ2) is 6.28. The molecule has 21 heavy (non-hydrogen) atoms. The van der Waals surface area contributed by atoms with E-state index in [0.717, 1.165) is 12.1 Å². The maximum atomic E-state index is 13.4. The molecule has 0 heterocycles. The highest BCUT2D eigenvalue weighted by atomic mass is 35.5. The summed E-state index contributed by atoms with van der Waals surface area (Å²) in [5, 5.41) is 12.1. The van der Waals surface area contributed by atoms with Crippen molar-refractivity contribution in [3.05, 3.63) is 57.6 Å². The first-order valence-corrected chi connectivity index (χ1v) is 6.55. The summed E-state index contributed by atoms with van der Waals surface area (Å²) in [7, 11) is 0. The number of hydrogen-bond donors (Lipinski definition) is 2. The minimum absolute atomic E-state index is 0.0331. The number of phenolic OH excluding ortho intramolecular Hbond substituents is 1. The highest BCUT2D eigenvalue weighted by molar-refractivity contribution is 6.36. The number of amides is 1. The zero-order chi connectivity index (χ0) is 15.6. The van der Waals surface area contributed by atoms with Crippen LogP contribution in [0.1, 0.15) is 5.56 Å². The van der Waals surface area contributed by atoms with Gasteiger partial charge in [-0.15, -0.1) is 0 Å². The Bertz CT molecular complexity index is 687. The van der Waals surface area contributed by atoms with Gasteiger partial charge in [-0.05, 0) is 24.3 Å². The van der Waals surface area contributed by atoms with Gasteiger partial charge in [0.1, 0.15) is 11.6 Å². The zero-order valence-electron chi connectivity index (χ0n) is 10.5. The van der Waals surface area contributed by atoms with E-state index in [1.165, 1.54) is 18.2 Å². The van der Waals surface area contributed by atoms with E-state index in [2.05, 4.69) is 5.32 Å². The number of benzene rings is 2. The Kier molecular flexibility index (Phi) is 4.65. The van der Waals surface area contributed by atoms with Gasteiger partial charge in [-0.25, -0.2) is 8.78 Å². The van der Waals surface area contributed by atoms with Crippen LogP contribution in [-0.4, -0.2) is 11.0 Å². The molecule has 0 saturated heterocycles. The minimum atomic E-state index is -0.821. The summed E-state index contributed by atoms with van der Waals surface area (Å²) in [6.07, 6.45) is -0.526. The summed E-state index contributed by atoms with van der Waals surface area (Å²) in [6.45, 7) is 0. The first kappa shape index (κ1) is 15.5. The van der Waals surface area contributed by atoms with Gasteiger partial charge in [0.15, 0.2) is 5.75 Å². The number of carbonyl (C=O) groups is 1. The second-order valence-electron chi connectivity index (χ2n) is 4.21. The number of nitrogens with one attached hydrogen (secondary N) is 1. The summed E-state index contributed by atoms with van der Waals surface area (Å²) < 4.78 is 26.9. The number of aromatic hydroxyl groups is 1. The van der Waals surface area contributed by atoms with Crippen LogP contribution in [0.3, 0.4) is 0 Å². The molecule has 0 radical (unpaired) electrons. The molecule has 0 bridgehead atoms. The van der Waals surface area contributed by atoms with Gasteiger partial charge < -0.3 is 10.4 Å². The van der Waals surface area contributed by atoms with Crippen molar-refractivity contribution in [1.82, 2.24) is 0 Å². The predicted molar refractivity (Wildman–Crippen MR) is 76.8 cm³/mol. The van der Waals surface area contributed by atoms with Crippen LogP contribution in [0.25, 0.3) is 0 Å². The molecule has 2 N–H and O–H groups in total. The third kappa shape index (κ3) is 3.62. The summed E-state index contributed by atoms with van der Waals surface area (Å²) in [5.74, 6) is -2.73. The van der Waals surface area contributed by atoms with Crippen molar-refractivity contribution >= 4 is 34.8 Å². The molecule has 0 unspecified atom stereocenters. The van der Waals surface area contributed by atoms with Crippen molar-refractivity contribution in [1.29, 1.82) is 0 Å². The molecular weight excluding hydrogens is 323 g/mol. The Hall–Kier alpha value is -1.85. The number of carbonyl (C=O) groups excluding carboxylic acids is 1. The van der Waals surface area contributed by atoms with E-state index in [-0.39, 0.29) is 27.0 Å². The quantitative estimate of drug-likeness (QED) is 0.830. The molecule has 2 aromatic rings. The Morgan fingerprint density at radius 3 is 2.43 bits per heavy atom. The van der Waals surface area contributed by atoms with E-state index in [0.29, 0.717) is 0 Å². The van der Waals surface area contributed by atoms with E-state index in [9.17, 15) is 18.7 Å². The van der Waals surface area contributed by atoms with Gasteiger partial charge >= 0.3 is 0 Å². The number of halogens is 4. The normalized spacial score (nSPS) is 10.5. The number of phenols is 1. The lowest BCUT2D eigenvalue weighted by atomic mass is 10.1. The second-order valence-corrected chi connectivity index (χ2v) is 5.05. The van der Waals surface area contributed by atoms with Gasteiger partial charge in [0, 0.05) is 10.6 Å². The number of anilines is 1. The Balaban J connectivity index is 2.20. The molecule has 1 amide bonds. The van der Waals surface area contributed by atoms with Crippen LogP contribution in [0.4, 0.5) is 14.5 Å². The maximum Gasteiger partial charge on any atom is 0.229 e. The molecule has 0 aromatic heterocycles. The molecule has 2 rings (SSSR count). The van der Waals surface area contributed by atoms with Crippen LogP contribution in [0.15, 0.2) is 30.3 Å². The van der Waals surface area contributed by atoms with Crippen molar-refractivity contribution in [2.45, 2.75) is 6.42 Å². The molecule has 0 saturated carbocycles. The maximum absolute atomic E-state index is 13.4. The predicted octanol–water partition coefficient (Wildman–Crippen LogP) is 4.16. The summed E-state index contributed by atoms with van der Waals surface area (Å²) in [4.78, 5) is 11.8. The van der Waals surface area contributed by atoms with Crippen LogP contribution in [0.5, 0.6) is 5.75 Å². The monoisotopic (exact) mass is 331 g/mol. The third-order valence-electron chi connectivity index (χ3n) is 2.70. The van der Waals surface area contributed by atoms with Crippen LogP contribution in [-0.2, 0) is 11.2 Å². The van der Waals surface area contributed by atoms with Crippen molar-refractivity contribution in [3.63, 3.8) is 0 Å². The molecule has 0 aliphatic rings. The Morgan fingerprint density at radius 1 is 1.19 bits per heavy atom. The molecule has 2 aromatic carbocycles. The Labute approximate surface area is 129 Å². The highest BCUT2D eigenvalue weighted by Gasteiger charge is 2.15. The van der Waals surface area contributed by atoms with Crippen molar-refractivity contribution in [2.24, 2.45) is 0 Å². The van der Waals surface area contributed by atoms with E-state index in [1.807, 2.05) is 0 Å². The van der Waals surface area contributed by atoms with Gasteiger partial charge in [0.2, 0.25) is 5.91 Å². The van der Waals surface area contributed by atoms with Gasteiger partial charge in [0.05, 0.1) is 17.1 Å². The SMILES string of the molecule is O=C(Cc1c(F)cccc1F)Nc1cc(Cl)cc(Cl)c1O. The summed E-state index contributed by atoms with van der Waals surface area (Å²) >= 11 is 11.5. The van der Waals surface area contributed by atoms with E-state index < -0.39 is 24.0 Å². The van der Waals surface area contributed by atoms with Gasteiger partial charge in [-0.1, -0.05) is 29.3 Å². The molecule has 3 nitrogen and oxygen atoms in total. The topological polar surface area (TPSA) is 49.3 Å². The lowest BCUT2D eigenvalue weighted by Gasteiger charge is -2.10. The first-order valence-electron chi connectivity index (χ1n) is 5.79. The number of rotatable bonds is 3. The van der Waals surface area contributed by atoms with Crippen molar-refractivity contribution in [3.8, 4) is 5.75 Å². The third-order valence-corrected chi connectivity index (χ3v) is 3.21. The van der Waals surface area contributed by atoms with Crippen LogP contribution in [0, 0.1) is 11.6 Å². The zero-order valence-corrected chi connectivity index (χ0v) is 12.0. The molecule has 110 valence electrons. The average molecular weight is 332 g/mol. The molecule has 0 spiro atoms. The standard InChI is InChI=1S/C14H9Cl2F2NO2/c15-7-4-9(16)14(21)12(5-7)19-13(20)6-8-10(17)2-1-3-11(8)18/h1-5,21H,6H2,(H,19,20). The first-order chi connectivity index (χ1) is 9.88. The molecular formula is C14H9Cl2F2NO2. The van der Waals surface area contributed by atoms with Crippen LogP contribution in [0.2, 0.25) is 10.0 Å². The molecule has 0 aliphatic heterocycles. The summed E-state index contributed by atoms with van der Waals surface area (Å²) in [5.41, 5.74) is -0.392. The fraction of sp³-hybridized carbons (Fsp3) is 0.0714. The smallest absolute Gasteiger partial charge is 0.229 e. The van der Waals surface area contributed by atoms with E-state index >= 15 is 0 Å². The van der Waals surface area contributed by atoms with Gasteiger partial charge in [-0.2, -0.15) is 0 Å². The Morgan fingerprint density at radius 2 is 1.81 bits per heavy atom. The molecule has 0 fully saturated rings. The average Bonchev–Trinajstić information content (AvgIpc) is 2.40. The highest BCUT2D eigenvalue weighted by Crippen LogP contribution is 2.35. The van der Waals surface area contributed by atoms with Gasteiger partial charge in [0.25, 0.3) is 0 Å². The largest absolute Gasteiger partial charge is 0.504 e. The van der Waals surface area contributed by atoms with Crippen LogP contribution >= 0.6 is 23.2 Å². The van der Waals surface area contributed by atoms with Crippen molar-refractivity contribution in [2.75, 3.05) is 5.32 Å². The molecule has 7 heteroatoms. The van der Waals surface area contributed by atoms with Crippen molar-refractivity contribution < 1.29 is 18.7 Å². The summed E-state index contributed by atoms with van der Waals surface area (Å²) in [6, 6.07) is 5.89. The van der Waals surface area contributed by atoms with E-state index in [1.54, 1.807) is 0 Å². The van der Waals surface area contributed by atoms with E-state index in [4.69, 9.17) is 23.2 Å². The minimum Gasteiger partial charge on any atom is -0.504 e. The lowest BCUT2D eigenvalue weighted by molar-refractivity contribution is -0.115. The fourth-order valence-corrected chi connectivity index (χ4v) is 2.21. The lowest BCUT2D eigenvalue weighted by Crippen LogP contribution is -2.16. The fourth-order valence-electron chi connectivity index (χ4n) is 1.72. The molecule has 0 atom stereocenters. The van der Waals surface area contributed by atoms with Gasteiger partial charge in [-0.3, -0.25) is 4.79 Å². The number of hydrogen-bond acceptors (Lipinski definition) is 2. The van der Waals surface area contributed by atoms with Crippen LogP contribution < -0.4 is 5.32 Å². The molecule has 0 aliphatic carbocycles.